The molecule has 5 rings (SSSR count). The van der Waals surface area contributed by atoms with E-state index in [2.05, 4.69) is 9.97 Å². The molecule has 1 amide bonds. The van der Waals surface area contributed by atoms with Gasteiger partial charge in [-0.3, -0.25) is 9.59 Å². The fourth-order valence-corrected chi connectivity index (χ4v) is 4.64. The Kier molecular flexibility index (Phi) is 4.23. The van der Waals surface area contributed by atoms with Gasteiger partial charge in [0.25, 0.3) is 11.5 Å². The van der Waals surface area contributed by atoms with E-state index in [1.807, 2.05) is 15.5 Å². The lowest BCUT2D eigenvalue weighted by atomic mass is 9.80. The standard InChI is InChI=1S/C22H19FN4O2/c23-18-3-1-15(2-4-18)22(29)26-10-14-7-16(12-26)21-19(17-8-24-13-25-9-17)5-6-20(28)27(21)11-14/h1-6,8-9,13-14,16H,7,10-12H2/t14-,16-/m1/s1. The van der Waals surface area contributed by atoms with E-state index in [4.69, 9.17) is 0 Å². The normalized spacial score (nSPS) is 20.2. The summed E-state index contributed by atoms with van der Waals surface area (Å²) in [5, 5.41) is 0. The molecule has 0 unspecified atom stereocenters. The minimum absolute atomic E-state index is 0.0198. The summed E-state index contributed by atoms with van der Waals surface area (Å²) in [5.74, 6) is -0.197. The number of amides is 1. The van der Waals surface area contributed by atoms with Gasteiger partial charge in [-0.25, -0.2) is 14.4 Å². The van der Waals surface area contributed by atoms with Crippen molar-refractivity contribution < 1.29 is 9.18 Å². The molecule has 0 saturated carbocycles. The lowest BCUT2D eigenvalue weighted by Gasteiger charge is -2.43. The molecule has 0 N–H and O–H groups in total. The summed E-state index contributed by atoms with van der Waals surface area (Å²) >= 11 is 0. The second kappa shape index (κ2) is 6.92. The first-order valence-electron chi connectivity index (χ1n) is 9.64. The Labute approximate surface area is 166 Å². The van der Waals surface area contributed by atoms with Crippen molar-refractivity contribution in [2.45, 2.75) is 18.9 Å². The molecule has 29 heavy (non-hydrogen) atoms. The van der Waals surface area contributed by atoms with Crippen LogP contribution in [-0.2, 0) is 6.54 Å². The number of carbonyl (C=O) groups is 1. The summed E-state index contributed by atoms with van der Waals surface area (Å²) in [6.45, 7) is 1.70. The maximum atomic E-state index is 13.2. The van der Waals surface area contributed by atoms with Gasteiger partial charge in [0.1, 0.15) is 12.1 Å². The van der Waals surface area contributed by atoms with Crippen molar-refractivity contribution in [2.24, 2.45) is 5.92 Å². The second-order valence-electron chi connectivity index (χ2n) is 7.72. The molecule has 1 aromatic carbocycles. The number of carbonyl (C=O) groups excluding carboxylic acids is 1. The molecule has 1 saturated heterocycles. The molecule has 1 fully saturated rings. The minimum atomic E-state index is -0.361. The Hall–Kier alpha value is -3.35. The molecule has 2 bridgehead atoms. The van der Waals surface area contributed by atoms with Crippen LogP contribution in [0, 0.1) is 11.7 Å². The Bertz CT molecular complexity index is 1130. The van der Waals surface area contributed by atoms with Crippen LogP contribution < -0.4 is 5.56 Å². The average molecular weight is 390 g/mol. The van der Waals surface area contributed by atoms with Crippen molar-refractivity contribution in [3.63, 3.8) is 0 Å². The predicted molar refractivity (Wildman–Crippen MR) is 105 cm³/mol. The smallest absolute Gasteiger partial charge is 0.253 e. The summed E-state index contributed by atoms with van der Waals surface area (Å²) < 4.78 is 15.1. The van der Waals surface area contributed by atoms with Gasteiger partial charge < -0.3 is 9.47 Å². The first-order valence-corrected chi connectivity index (χ1v) is 9.64. The molecular weight excluding hydrogens is 371 g/mol. The summed E-state index contributed by atoms with van der Waals surface area (Å²) in [6, 6.07) is 9.07. The van der Waals surface area contributed by atoms with E-state index in [0.29, 0.717) is 25.2 Å². The van der Waals surface area contributed by atoms with Gasteiger partial charge in [-0.15, -0.1) is 0 Å². The van der Waals surface area contributed by atoms with E-state index < -0.39 is 0 Å². The van der Waals surface area contributed by atoms with Gasteiger partial charge in [-0.1, -0.05) is 0 Å². The van der Waals surface area contributed by atoms with Gasteiger partial charge in [0.05, 0.1) is 0 Å². The van der Waals surface area contributed by atoms with E-state index in [-0.39, 0.29) is 29.1 Å². The molecule has 2 aliphatic heterocycles. The van der Waals surface area contributed by atoms with Gasteiger partial charge in [0.15, 0.2) is 0 Å². The maximum Gasteiger partial charge on any atom is 0.253 e. The maximum absolute atomic E-state index is 13.2. The van der Waals surface area contributed by atoms with Crippen molar-refractivity contribution in [1.29, 1.82) is 0 Å². The van der Waals surface area contributed by atoms with Crippen molar-refractivity contribution in [3.8, 4) is 11.1 Å². The van der Waals surface area contributed by atoms with E-state index >= 15 is 0 Å². The lowest BCUT2D eigenvalue weighted by Crippen LogP contribution is -2.49. The minimum Gasteiger partial charge on any atom is -0.338 e. The third-order valence-electron chi connectivity index (χ3n) is 5.84. The molecule has 2 aromatic heterocycles. The zero-order valence-corrected chi connectivity index (χ0v) is 15.7. The van der Waals surface area contributed by atoms with Gasteiger partial charge in [0.2, 0.25) is 0 Å². The van der Waals surface area contributed by atoms with Crippen LogP contribution in [0.1, 0.15) is 28.4 Å². The Balaban J connectivity index is 1.53. The van der Waals surface area contributed by atoms with E-state index in [1.165, 1.54) is 30.6 Å². The first kappa shape index (κ1) is 17.7. The molecular formula is C22H19FN4O2. The Morgan fingerprint density at radius 1 is 1.00 bits per heavy atom. The second-order valence-corrected chi connectivity index (χ2v) is 7.72. The number of halogens is 1. The monoisotopic (exact) mass is 390 g/mol. The van der Waals surface area contributed by atoms with Crippen molar-refractivity contribution >= 4 is 5.91 Å². The van der Waals surface area contributed by atoms with Gasteiger partial charge in [-0.2, -0.15) is 0 Å². The molecule has 7 heteroatoms. The fourth-order valence-electron chi connectivity index (χ4n) is 4.64. The third-order valence-corrected chi connectivity index (χ3v) is 5.84. The van der Waals surface area contributed by atoms with E-state index in [9.17, 15) is 14.0 Å². The molecule has 3 aromatic rings. The molecule has 0 radical (unpaired) electrons. The highest BCUT2D eigenvalue weighted by Crippen LogP contribution is 2.39. The highest BCUT2D eigenvalue weighted by molar-refractivity contribution is 5.94. The Morgan fingerprint density at radius 3 is 2.52 bits per heavy atom. The van der Waals surface area contributed by atoms with Crippen LogP contribution in [0.4, 0.5) is 4.39 Å². The number of fused-ring (bicyclic) bond motifs is 4. The van der Waals surface area contributed by atoms with Crippen LogP contribution in [0.3, 0.4) is 0 Å². The molecule has 2 aliphatic rings. The third kappa shape index (κ3) is 3.12. The van der Waals surface area contributed by atoms with Crippen LogP contribution in [0.5, 0.6) is 0 Å². The Morgan fingerprint density at radius 2 is 1.76 bits per heavy atom. The highest BCUT2D eigenvalue weighted by atomic mass is 19.1. The van der Waals surface area contributed by atoms with Crippen LogP contribution in [0.25, 0.3) is 11.1 Å². The molecule has 0 spiro atoms. The van der Waals surface area contributed by atoms with Gasteiger partial charge in [-0.05, 0) is 42.7 Å². The largest absolute Gasteiger partial charge is 0.338 e. The topological polar surface area (TPSA) is 68.1 Å². The van der Waals surface area contributed by atoms with Crippen LogP contribution in [0.15, 0.2) is 59.9 Å². The van der Waals surface area contributed by atoms with E-state index in [1.54, 1.807) is 18.5 Å². The number of hydrogen-bond acceptors (Lipinski definition) is 4. The van der Waals surface area contributed by atoms with Crippen LogP contribution in [0.2, 0.25) is 0 Å². The number of rotatable bonds is 2. The highest BCUT2D eigenvalue weighted by Gasteiger charge is 2.38. The molecule has 6 nitrogen and oxygen atoms in total. The summed E-state index contributed by atoms with van der Waals surface area (Å²) in [7, 11) is 0. The number of aromatic nitrogens is 3. The SMILES string of the molecule is O=C(c1ccc(F)cc1)N1C[C@H]2C[C@H](C1)c1c(-c3cncnc3)ccc(=O)n1C2. The molecule has 0 aliphatic carbocycles. The summed E-state index contributed by atoms with van der Waals surface area (Å²) in [4.78, 5) is 35.6. The quantitative estimate of drug-likeness (QED) is 0.675. The lowest BCUT2D eigenvalue weighted by molar-refractivity contribution is 0.0595. The number of benzene rings is 1. The van der Waals surface area contributed by atoms with Crippen LogP contribution in [-0.4, -0.2) is 38.4 Å². The average Bonchev–Trinajstić information content (AvgIpc) is 2.75. The first-order chi connectivity index (χ1) is 14.1. The van der Waals surface area contributed by atoms with Crippen LogP contribution >= 0.6 is 0 Å². The van der Waals surface area contributed by atoms with Gasteiger partial charge >= 0.3 is 0 Å². The number of hydrogen-bond donors (Lipinski definition) is 0. The summed E-state index contributed by atoms with van der Waals surface area (Å²) in [6.07, 6.45) is 5.89. The van der Waals surface area contributed by atoms with E-state index in [0.717, 1.165) is 23.2 Å². The van der Waals surface area contributed by atoms with Crippen molar-refractivity contribution in [3.05, 3.63) is 82.5 Å². The molecule has 2 atom stereocenters. The van der Waals surface area contributed by atoms with Gasteiger partial charge in [0, 0.05) is 66.4 Å². The van der Waals surface area contributed by atoms with Crippen molar-refractivity contribution in [1.82, 2.24) is 19.4 Å². The number of piperidine rings is 1. The van der Waals surface area contributed by atoms with Crippen molar-refractivity contribution in [2.75, 3.05) is 13.1 Å². The zero-order valence-electron chi connectivity index (χ0n) is 15.7. The number of pyridine rings is 1. The molecule has 146 valence electrons. The number of likely N-dealkylation sites (tertiary alicyclic amines) is 1. The zero-order chi connectivity index (χ0) is 20.0. The number of nitrogens with zero attached hydrogens (tertiary/aromatic N) is 4. The fraction of sp³-hybridized carbons (Fsp3) is 0.273. The predicted octanol–water partition coefficient (Wildman–Crippen LogP) is 2.70. The molecule has 4 heterocycles. The summed E-state index contributed by atoms with van der Waals surface area (Å²) in [5.41, 5.74) is 3.20.